The van der Waals surface area contributed by atoms with E-state index in [1.165, 1.54) is 4.68 Å². The third-order valence-corrected chi connectivity index (χ3v) is 3.52. The molecule has 1 unspecified atom stereocenters. The van der Waals surface area contributed by atoms with E-state index in [0.717, 1.165) is 18.6 Å². The van der Waals surface area contributed by atoms with Crippen molar-refractivity contribution in [3.63, 3.8) is 0 Å². The Morgan fingerprint density at radius 3 is 2.94 bits per heavy atom. The van der Waals surface area contributed by atoms with E-state index < -0.39 is 0 Å². The maximum absolute atomic E-state index is 12.2. The van der Waals surface area contributed by atoms with E-state index in [1.807, 2.05) is 0 Å². The molecule has 0 fully saturated rings. The van der Waals surface area contributed by atoms with Crippen molar-refractivity contribution in [3.05, 3.63) is 16.6 Å². The van der Waals surface area contributed by atoms with Gasteiger partial charge >= 0.3 is 0 Å². The maximum atomic E-state index is 12.2. The Morgan fingerprint density at radius 1 is 1.50 bits per heavy atom. The lowest BCUT2D eigenvalue weighted by molar-refractivity contribution is 0.404. The molecule has 0 saturated heterocycles. The van der Waals surface area contributed by atoms with Crippen LogP contribution in [0.2, 0.25) is 0 Å². The normalized spacial score (nSPS) is 13.1. The quantitative estimate of drug-likeness (QED) is 0.816. The highest BCUT2D eigenvalue weighted by atomic mass is 32.1. The summed E-state index contributed by atoms with van der Waals surface area (Å²) < 4.78 is 2.97. The Kier molecular flexibility index (Phi) is 4.00. The van der Waals surface area contributed by atoms with E-state index >= 15 is 0 Å². The summed E-state index contributed by atoms with van der Waals surface area (Å²) in [6.07, 6.45) is 3.64. The van der Waals surface area contributed by atoms with Crippen LogP contribution in [0.1, 0.15) is 19.8 Å². The molecule has 18 heavy (non-hydrogen) atoms. The van der Waals surface area contributed by atoms with Crippen molar-refractivity contribution in [1.29, 1.82) is 0 Å². The molecule has 7 heteroatoms. The fraction of sp³-hybridized carbons (Fsp3) is 0.636. The van der Waals surface area contributed by atoms with E-state index in [4.69, 9.17) is 0 Å². The average Bonchev–Trinajstić information content (AvgIpc) is 2.74. The van der Waals surface area contributed by atoms with Gasteiger partial charge in [0.2, 0.25) is 0 Å². The van der Waals surface area contributed by atoms with Crippen LogP contribution in [0.3, 0.4) is 0 Å². The minimum absolute atomic E-state index is 0.129. The molecule has 0 amide bonds. The lowest BCUT2D eigenvalue weighted by Crippen LogP contribution is -2.28. The molecule has 0 aromatic carbocycles. The first-order valence-electron chi connectivity index (χ1n) is 6.03. The van der Waals surface area contributed by atoms with Crippen molar-refractivity contribution in [2.45, 2.75) is 26.3 Å². The smallest absolute Gasteiger partial charge is 0.267 e. The van der Waals surface area contributed by atoms with Gasteiger partial charge in [0, 0.05) is 7.05 Å². The molecule has 0 aliphatic heterocycles. The zero-order valence-corrected chi connectivity index (χ0v) is 11.5. The average molecular weight is 267 g/mol. The van der Waals surface area contributed by atoms with Crippen LogP contribution in [0.4, 0.5) is 0 Å². The maximum Gasteiger partial charge on any atom is 0.280 e. The van der Waals surface area contributed by atoms with Crippen molar-refractivity contribution in [3.8, 4) is 0 Å². The summed E-state index contributed by atoms with van der Waals surface area (Å²) in [7, 11) is 1.74. The van der Waals surface area contributed by atoms with Crippen molar-refractivity contribution < 1.29 is 0 Å². The van der Waals surface area contributed by atoms with Crippen molar-refractivity contribution >= 4 is 23.7 Å². The molecular weight excluding hydrogens is 250 g/mol. The summed E-state index contributed by atoms with van der Waals surface area (Å²) in [5.41, 5.74) is 0.394. The summed E-state index contributed by atoms with van der Waals surface area (Å²) in [5.74, 6) is 1.09. The highest BCUT2D eigenvalue weighted by Crippen LogP contribution is 2.10. The highest BCUT2D eigenvalue weighted by molar-refractivity contribution is 7.80. The van der Waals surface area contributed by atoms with Crippen LogP contribution in [0.15, 0.2) is 11.0 Å². The standard InChI is InChI=1S/C11H17N5OS/c1-3-4-8(7-18)6-16-11(17)9-5-12-15(2)10(9)13-14-16/h5,8,18H,3-4,6-7H2,1-2H3. The van der Waals surface area contributed by atoms with Crippen LogP contribution in [0, 0.1) is 5.92 Å². The molecule has 0 aliphatic carbocycles. The third-order valence-electron chi connectivity index (χ3n) is 3.01. The van der Waals surface area contributed by atoms with Gasteiger partial charge in [-0.15, -0.1) is 5.10 Å². The van der Waals surface area contributed by atoms with Gasteiger partial charge in [-0.3, -0.25) is 4.79 Å². The molecule has 0 N–H and O–H groups in total. The Bertz CT molecular complexity index is 591. The van der Waals surface area contributed by atoms with E-state index in [1.54, 1.807) is 17.9 Å². The molecule has 2 aromatic rings. The van der Waals surface area contributed by atoms with Gasteiger partial charge in [0.1, 0.15) is 5.39 Å². The SMILES string of the molecule is CCCC(CS)Cn1nnc2c(cnn2C)c1=O. The number of nitrogens with zero attached hydrogens (tertiary/aromatic N) is 5. The van der Waals surface area contributed by atoms with Gasteiger partial charge in [-0.05, 0) is 18.1 Å². The number of rotatable bonds is 5. The third kappa shape index (κ3) is 2.40. The fourth-order valence-corrected chi connectivity index (χ4v) is 2.29. The monoisotopic (exact) mass is 267 g/mol. The van der Waals surface area contributed by atoms with Crippen LogP contribution in [-0.4, -0.2) is 30.5 Å². The number of aryl methyl sites for hydroxylation is 1. The van der Waals surface area contributed by atoms with Gasteiger partial charge in [-0.2, -0.15) is 17.7 Å². The van der Waals surface area contributed by atoms with Crippen LogP contribution < -0.4 is 5.56 Å². The number of thiol groups is 1. The highest BCUT2D eigenvalue weighted by Gasteiger charge is 2.13. The fourth-order valence-electron chi connectivity index (χ4n) is 1.99. The molecule has 0 spiro atoms. The largest absolute Gasteiger partial charge is 0.280 e. The lowest BCUT2D eigenvalue weighted by Gasteiger charge is -2.13. The second-order valence-electron chi connectivity index (χ2n) is 4.42. The molecule has 0 aliphatic rings. The van der Waals surface area contributed by atoms with Gasteiger partial charge in [0.25, 0.3) is 5.56 Å². The van der Waals surface area contributed by atoms with Gasteiger partial charge in [-0.25, -0.2) is 9.36 Å². The van der Waals surface area contributed by atoms with Crippen molar-refractivity contribution in [1.82, 2.24) is 24.8 Å². The van der Waals surface area contributed by atoms with Crippen LogP contribution in [0.5, 0.6) is 0 Å². The number of hydrogen-bond acceptors (Lipinski definition) is 5. The number of fused-ring (bicyclic) bond motifs is 1. The van der Waals surface area contributed by atoms with Gasteiger partial charge in [0.15, 0.2) is 5.65 Å². The second kappa shape index (κ2) is 5.51. The van der Waals surface area contributed by atoms with Crippen LogP contribution >= 0.6 is 12.6 Å². The van der Waals surface area contributed by atoms with E-state index in [0.29, 0.717) is 23.5 Å². The van der Waals surface area contributed by atoms with Crippen LogP contribution in [-0.2, 0) is 13.6 Å². The predicted molar refractivity (Wildman–Crippen MR) is 72.8 cm³/mol. The minimum Gasteiger partial charge on any atom is -0.267 e. The summed E-state index contributed by atoms with van der Waals surface area (Å²) in [6, 6.07) is 0. The molecule has 2 heterocycles. The first kappa shape index (κ1) is 13.1. The van der Waals surface area contributed by atoms with Crippen molar-refractivity contribution in [2.75, 3.05) is 5.75 Å². The number of hydrogen-bond donors (Lipinski definition) is 1. The Labute approximate surface area is 110 Å². The molecule has 0 radical (unpaired) electrons. The molecule has 2 aromatic heterocycles. The minimum atomic E-state index is -0.129. The molecular formula is C11H17N5OS. The summed E-state index contributed by atoms with van der Waals surface area (Å²) >= 11 is 4.31. The van der Waals surface area contributed by atoms with Crippen LogP contribution in [0.25, 0.3) is 11.0 Å². The first-order chi connectivity index (χ1) is 8.67. The van der Waals surface area contributed by atoms with Crippen molar-refractivity contribution in [2.24, 2.45) is 13.0 Å². The Morgan fingerprint density at radius 2 is 2.28 bits per heavy atom. The molecule has 0 saturated carbocycles. The van der Waals surface area contributed by atoms with Gasteiger partial charge in [0.05, 0.1) is 12.7 Å². The molecule has 0 bridgehead atoms. The first-order valence-corrected chi connectivity index (χ1v) is 6.67. The molecule has 6 nitrogen and oxygen atoms in total. The molecule has 1 atom stereocenters. The summed E-state index contributed by atoms with van der Waals surface area (Å²) in [6.45, 7) is 2.68. The summed E-state index contributed by atoms with van der Waals surface area (Å²) in [5, 5.41) is 12.5. The van der Waals surface area contributed by atoms with Gasteiger partial charge < -0.3 is 0 Å². The van der Waals surface area contributed by atoms with E-state index in [-0.39, 0.29) is 5.56 Å². The molecule has 98 valence electrons. The van der Waals surface area contributed by atoms with E-state index in [9.17, 15) is 4.79 Å². The Balaban J connectivity index is 2.34. The van der Waals surface area contributed by atoms with E-state index in [2.05, 4.69) is 35.0 Å². The van der Waals surface area contributed by atoms with Gasteiger partial charge in [-0.1, -0.05) is 18.6 Å². The zero-order chi connectivity index (χ0) is 13.1. The molecule has 2 rings (SSSR count). The Hall–Kier alpha value is -1.37. The number of aromatic nitrogens is 5. The zero-order valence-electron chi connectivity index (χ0n) is 10.6. The predicted octanol–water partition coefficient (Wildman–Crippen LogP) is 0.871. The summed E-state index contributed by atoms with van der Waals surface area (Å²) in [4.78, 5) is 12.2. The second-order valence-corrected chi connectivity index (χ2v) is 4.78. The topological polar surface area (TPSA) is 65.6 Å². The lowest BCUT2D eigenvalue weighted by atomic mass is 10.1.